The van der Waals surface area contributed by atoms with Gasteiger partial charge in [0.1, 0.15) is 11.5 Å². The molecular formula is C22H32N6. The van der Waals surface area contributed by atoms with Crippen molar-refractivity contribution in [2.75, 3.05) is 18.9 Å². The van der Waals surface area contributed by atoms with Crippen LogP contribution in [0.1, 0.15) is 51.8 Å². The first-order valence-electron chi connectivity index (χ1n) is 10.3. The smallest absolute Gasteiger partial charge is 0.180 e. The van der Waals surface area contributed by atoms with E-state index in [9.17, 15) is 0 Å². The Hall–Kier alpha value is -2.05. The maximum Gasteiger partial charge on any atom is 0.180 e. The Kier molecular flexibility index (Phi) is 4.88. The molecule has 2 aliphatic heterocycles. The first-order valence-corrected chi connectivity index (χ1v) is 10.3. The van der Waals surface area contributed by atoms with E-state index in [1.54, 1.807) is 6.20 Å². The average molecular weight is 381 g/mol. The molecule has 2 N–H and O–H groups in total. The topological polar surface area (TPSA) is 66.0 Å². The lowest BCUT2D eigenvalue weighted by atomic mass is 9.77. The van der Waals surface area contributed by atoms with Gasteiger partial charge in [0.05, 0.1) is 5.69 Å². The van der Waals surface area contributed by atoms with Crippen LogP contribution in [-0.4, -0.2) is 50.6 Å². The molecule has 0 atom stereocenters. The molecule has 0 unspecified atom stereocenters. The van der Waals surface area contributed by atoms with E-state index in [1.807, 2.05) is 18.2 Å². The summed E-state index contributed by atoms with van der Waals surface area (Å²) in [5.74, 6) is 1.70. The highest BCUT2D eigenvalue weighted by atomic mass is 15.2. The minimum absolute atomic E-state index is 0.137. The number of likely N-dealkylation sites (tertiary alicyclic amines) is 1. The Bertz CT molecular complexity index is 828. The third kappa shape index (κ3) is 3.63. The van der Waals surface area contributed by atoms with Crippen molar-refractivity contribution in [2.24, 2.45) is 0 Å². The third-order valence-electron chi connectivity index (χ3n) is 6.48. The van der Waals surface area contributed by atoms with Crippen molar-refractivity contribution < 1.29 is 0 Å². The van der Waals surface area contributed by atoms with Crippen LogP contribution in [0.4, 0.5) is 5.82 Å². The van der Waals surface area contributed by atoms with Gasteiger partial charge in [-0.1, -0.05) is 6.07 Å². The molecule has 6 nitrogen and oxygen atoms in total. The van der Waals surface area contributed by atoms with Gasteiger partial charge in [-0.05, 0) is 72.7 Å². The van der Waals surface area contributed by atoms with E-state index in [2.05, 4.69) is 55.3 Å². The molecule has 2 aromatic rings. The number of hydrogen-bond acceptors (Lipinski definition) is 6. The van der Waals surface area contributed by atoms with Crippen molar-refractivity contribution in [2.45, 2.75) is 70.6 Å². The van der Waals surface area contributed by atoms with Crippen LogP contribution in [0.2, 0.25) is 0 Å². The first kappa shape index (κ1) is 19.3. The normalized spacial score (nSPS) is 21.9. The Balaban J connectivity index is 1.69. The molecule has 1 saturated heterocycles. The Labute approximate surface area is 168 Å². The molecule has 0 saturated carbocycles. The fraction of sp³-hybridized carbons (Fsp3) is 0.591. The quantitative estimate of drug-likeness (QED) is 0.852. The summed E-state index contributed by atoms with van der Waals surface area (Å²) in [6.07, 6.45) is 4.93. The van der Waals surface area contributed by atoms with Gasteiger partial charge in [-0.15, -0.1) is 0 Å². The lowest BCUT2D eigenvalue weighted by Crippen LogP contribution is -2.61. The summed E-state index contributed by atoms with van der Waals surface area (Å²) in [5.41, 5.74) is 3.45. The highest BCUT2D eigenvalue weighted by Gasteiger charge is 2.43. The fourth-order valence-corrected chi connectivity index (χ4v) is 4.76. The molecule has 4 rings (SSSR count). The lowest BCUT2D eigenvalue weighted by molar-refractivity contribution is -0.00774. The average Bonchev–Trinajstić information content (AvgIpc) is 2.66. The molecular weight excluding hydrogens is 348 g/mol. The molecule has 0 amide bonds. The number of piperidine rings is 1. The number of pyridine rings is 1. The zero-order valence-electron chi connectivity index (χ0n) is 17.7. The highest BCUT2D eigenvalue weighted by Crippen LogP contribution is 2.38. The molecule has 0 radical (unpaired) electrons. The molecule has 0 aromatic carbocycles. The van der Waals surface area contributed by atoms with Gasteiger partial charge >= 0.3 is 0 Å². The second-order valence-electron chi connectivity index (χ2n) is 9.40. The molecule has 2 aliphatic rings. The van der Waals surface area contributed by atoms with Crippen LogP contribution in [0.25, 0.3) is 11.5 Å². The van der Waals surface area contributed by atoms with E-state index in [0.29, 0.717) is 11.9 Å². The molecule has 28 heavy (non-hydrogen) atoms. The van der Waals surface area contributed by atoms with Crippen molar-refractivity contribution in [1.29, 1.82) is 0 Å². The van der Waals surface area contributed by atoms with Crippen molar-refractivity contribution in [3.63, 3.8) is 0 Å². The Morgan fingerprint density at radius 3 is 2.54 bits per heavy atom. The third-order valence-corrected chi connectivity index (χ3v) is 6.48. The van der Waals surface area contributed by atoms with Gasteiger partial charge in [0.15, 0.2) is 5.82 Å². The van der Waals surface area contributed by atoms with E-state index in [-0.39, 0.29) is 11.1 Å². The van der Waals surface area contributed by atoms with E-state index in [1.165, 1.54) is 5.56 Å². The molecule has 2 aromatic heterocycles. The van der Waals surface area contributed by atoms with Crippen molar-refractivity contribution in [3.8, 4) is 11.5 Å². The first-order chi connectivity index (χ1) is 13.3. The van der Waals surface area contributed by atoms with Crippen LogP contribution in [-0.2, 0) is 13.0 Å². The molecule has 0 aliphatic carbocycles. The predicted octanol–water partition coefficient (Wildman–Crippen LogP) is 3.25. The summed E-state index contributed by atoms with van der Waals surface area (Å²) in [5, 5.41) is 7.25. The van der Waals surface area contributed by atoms with Crippen LogP contribution in [0.5, 0.6) is 0 Å². The van der Waals surface area contributed by atoms with Crippen molar-refractivity contribution in [1.82, 2.24) is 25.2 Å². The maximum atomic E-state index is 4.94. The zero-order valence-corrected chi connectivity index (χ0v) is 17.7. The molecule has 0 spiro atoms. The van der Waals surface area contributed by atoms with Crippen LogP contribution >= 0.6 is 0 Å². The summed E-state index contributed by atoms with van der Waals surface area (Å²) < 4.78 is 0. The number of nitrogens with zero attached hydrogens (tertiary/aromatic N) is 4. The fourth-order valence-electron chi connectivity index (χ4n) is 4.76. The van der Waals surface area contributed by atoms with Gasteiger partial charge in [0.2, 0.25) is 0 Å². The highest BCUT2D eigenvalue weighted by molar-refractivity contribution is 5.57. The number of anilines is 1. The second kappa shape index (κ2) is 7.08. The second-order valence-corrected chi connectivity index (χ2v) is 9.40. The summed E-state index contributed by atoms with van der Waals surface area (Å²) >= 11 is 0. The van der Waals surface area contributed by atoms with Gasteiger partial charge in [-0.3, -0.25) is 9.88 Å². The summed E-state index contributed by atoms with van der Waals surface area (Å²) in [6, 6.07) is 6.26. The van der Waals surface area contributed by atoms with Crippen LogP contribution in [0.3, 0.4) is 0 Å². The van der Waals surface area contributed by atoms with Gasteiger partial charge in [0.25, 0.3) is 0 Å². The molecule has 1 fully saturated rings. The minimum Gasteiger partial charge on any atom is -0.367 e. The van der Waals surface area contributed by atoms with E-state index in [0.717, 1.165) is 49.6 Å². The maximum absolute atomic E-state index is 4.94. The van der Waals surface area contributed by atoms with Gasteiger partial charge < -0.3 is 10.6 Å². The van der Waals surface area contributed by atoms with Crippen LogP contribution in [0, 0.1) is 0 Å². The Morgan fingerprint density at radius 1 is 1.11 bits per heavy atom. The molecule has 4 heterocycles. The number of aromatic nitrogens is 3. The van der Waals surface area contributed by atoms with Gasteiger partial charge in [-0.2, -0.15) is 0 Å². The number of hydrogen-bond donors (Lipinski definition) is 2. The standard InChI is InChI=1S/C22H32N6/c1-21(2)12-15(13-22(3,4)28(21)5)25-19-16-9-11-23-14-18(16)26-20(27-19)17-8-6-7-10-24-17/h6-8,10,15,23H,9,11-14H2,1-5H3,(H,25,26,27). The van der Waals surface area contributed by atoms with Gasteiger partial charge in [-0.25, -0.2) is 9.97 Å². The van der Waals surface area contributed by atoms with Crippen LogP contribution < -0.4 is 10.6 Å². The summed E-state index contributed by atoms with van der Waals surface area (Å²) in [6.45, 7) is 11.1. The molecule has 0 bridgehead atoms. The number of nitrogens with one attached hydrogen (secondary N) is 2. The van der Waals surface area contributed by atoms with E-state index < -0.39 is 0 Å². The van der Waals surface area contributed by atoms with Crippen LogP contribution in [0.15, 0.2) is 24.4 Å². The zero-order chi connectivity index (χ0) is 19.9. The number of rotatable bonds is 3. The Morgan fingerprint density at radius 2 is 1.86 bits per heavy atom. The SMILES string of the molecule is CN1C(C)(C)CC(Nc2nc(-c3ccccn3)nc3c2CCNC3)CC1(C)C. The predicted molar refractivity (Wildman–Crippen MR) is 113 cm³/mol. The van der Waals surface area contributed by atoms with E-state index >= 15 is 0 Å². The summed E-state index contributed by atoms with van der Waals surface area (Å²) in [7, 11) is 2.24. The van der Waals surface area contributed by atoms with Crippen molar-refractivity contribution in [3.05, 3.63) is 35.7 Å². The number of fused-ring (bicyclic) bond motifs is 1. The minimum atomic E-state index is 0.137. The largest absolute Gasteiger partial charge is 0.367 e. The van der Waals surface area contributed by atoms with Gasteiger partial charge in [0, 0.05) is 35.4 Å². The molecule has 6 heteroatoms. The monoisotopic (exact) mass is 380 g/mol. The summed E-state index contributed by atoms with van der Waals surface area (Å²) in [4.78, 5) is 16.7. The molecule has 150 valence electrons. The lowest BCUT2D eigenvalue weighted by Gasteiger charge is -2.53. The van der Waals surface area contributed by atoms with E-state index in [4.69, 9.17) is 9.97 Å². The van der Waals surface area contributed by atoms with Crippen molar-refractivity contribution >= 4 is 5.82 Å².